The van der Waals surface area contributed by atoms with E-state index in [1.165, 1.54) is 9.25 Å². The fraction of sp³-hybridized carbons (Fsp3) is 0.588. The highest BCUT2D eigenvalue weighted by Gasteiger charge is 2.36. The summed E-state index contributed by atoms with van der Waals surface area (Å²) in [5, 5.41) is 17.6. The van der Waals surface area contributed by atoms with Crippen molar-refractivity contribution in [1.29, 1.82) is 0 Å². The number of aryl methyl sites for hydroxylation is 2. The van der Waals surface area contributed by atoms with E-state index in [2.05, 4.69) is 10.4 Å². The zero-order chi connectivity index (χ0) is 18.3. The molecule has 1 aliphatic rings. The van der Waals surface area contributed by atoms with Crippen LogP contribution in [0.2, 0.25) is 0 Å². The summed E-state index contributed by atoms with van der Waals surface area (Å²) in [6.07, 6.45) is 2.58. The molecule has 1 fully saturated rings. The van der Waals surface area contributed by atoms with Gasteiger partial charge >= 0.3 is 5.69 Å². The standard InChI is InChI=1S/C17H25N5O3/c1-10-13(5-6-20(10)2)16(24)18-9-12-7-11(8-14(12)23)15-19-22(4)17(25)21(15)3/h5-6,11-12,14,23H,7-9H2,1-4H3,(H,18,24)/t11-,12+,14+/m0/s1. The minimum atomic E-state index is -0.515. The van der Waals surface area contributed by atoms with Gasteiger partial charge in [0.05, 0.1) is 11.7 Å². The molecule has 3 rings (SSSR count). The molecule has 2 heterocycles. The van der Waals surface area contributed by atoms with E-state index in [1.807, 2.05) is 24.7 Å². The predicted molar refractivity (Wildman–Crippen MR) is 92.4 cm³/mol. The van der Waals surface area contributed by atoms with Gasteiger partial charge in [0.25, 0.3) is 5.91 Å². The summed E-state index contributed by atoms with van der Waals surface area (Å²) in [7, 11) is 5.22. The SMILES string of the molecule is Cc1c(C(=O)NC[C@H]2C[C@H](c3nn(C)c(=O)n3C)C[C@H]2O)ccn1C. The van der Waals surface area contributed by atoms with E-state index in [-0.39, 0.29) is 23.4 Å². The van der Waals surface area contributed by atoms with Gasteiger partial charge in [-0.05, 0) is 25.8 Å². The molecule has 1 aliphatic carbocycles. The minimum absolute atomic E-state index is 0.0225. The molecule has 2 N–H and O–H groups in total. The molecule has 0 aromatic carbocycles. The van der Waals surface area contributed by atoms with E-state index in [0.717, 1.165) is 5.69 Å². The quantitative estimate of drug-likeness (QED) is 0.817. The third-order valence-corrected chi connectivity index (χ3v) is 5.34. The maximum atomic E-state index is 12.3. The van der Waals surface area contributed by atoms with Crippen molar-refractivity contribution in [3.05, 3.63) is 39.8 Å². The van der Waals surface area contributed by atoms with Crippen molar-refractivity contribution in [2.45, 2.75) is 31.8 Å². The Morgan fingerprint density at radius 2 is 2.08 bits per heavy atom. The molecule has 0 unspecified atom stereocenters. The van der Waals surface area contributed by atoms with E-state index >= 15 is 0 Å². The van der Waals surface area contributed by atoms with E-state index in [0.29, 0.717) is 30.8 Å². The number of aromatic nitrogens is 4. The molecule has 0 bridgehead atoms. The van der Waals surface area contributed by atoms with Gasteiger partial charge in [-0.3, -0.25) is 9.36 Å². The van der Waals surface area contributed by atoms with Crippen molar-refractivity contribution >= 4 is 5.91 Å². The molecule has 2 aromatic rings. The second-order valence-electron chi connectivity index (χ2n) is 6.95. The van der Waals surface area contributed by atoms with Crippen LogP contribution in [0.25, 0.3) is 0 Å². The summed E-state index contributed by atoms with van der Waals surface area (Å²) >= 11 is 0. The Kier molecular flexibility index (Phi) is 4.55. The van der Waals surface area contributed by atoms with Crippen LogP contribution in [-0.4, -0.2) is 42.6 Å². The van der Waals surface area contributed by atoms with Crippen LogP contribution in [0.15, 0.2) is 17.1 Å². The molecule has 136 valence electrons. The van der Waals surface area contributed by atoms with Crippen LogP contribution in [0, 0.1) is 12.8 Å². The van der Waals surface area contributed by atoms with Gasteiger partial charge in [-0.25, -0.2) is 9.48 Å². The third kappa shape index (κ3) is 3.13. The van der Waals surface area contributed by atoms with Gasteiger partial charge in [0.2, 0.25) is 0 Å². The van der Waals surface area contributed by atoms with Crippen molar-refractivity contribution in [1.82, 2.24) is 24.2 Å². The summed E-state index contributed by atoms with van der Waals surface area (Å²) in [5.41, 5.74) is 1.39. The van der Waals surface area contributed by atoms with Crippen molar-refractivity contribution in [3.63, 3.8) is 0 Å². The molecule has 3 atom stereocenters. The number of rotatable bonds is 4. The molecule has 0 spiro atoms. The van der Waals surface area contributed by atoms with E-state index in [4.69, 9.17) is 0 Å². The summed E-state index contributed by atoms with van der Waals surface area (Å²) in [5.74, 6) is 0.544. The lowest BCUT2D eigenvalue weighted by molar-refractivity contribution is 0.0916. The lowest BCUT2D eigenvalue weighted by Crippen LogP contribution is -2.32. The Morgan fingerprint density at radius 3 is 2.64 bits per heavy atom. The van der Waals surface area contributed by atoms with Gasteiger partial charge in [-0.15, -0.1) is 0 Å². The number of hydrogen-bond acceptors (Lipinski definition) is 4. The molecule has 8 heteroatoms. The highest BCUT2D eigenvalue weighted by Crippen LogP contribution is 2.37. The van der Waals surface area contributed by atoms with Gasteiger partial charge in [-0.2, -0.15) is 5.10 Å². The highest BCUT2D eigenvalue weighted by atomic mass is 16.3. The van der Waals surface area contributed by atoms with E-state index in [1.54, 1.807) is 20.2 Å². The second kappa shape index (κ2) is 6.51. The topological polar surface area (TPSA) is 94.1 Å². The van der Waals surface area contributed by atoms with Crippen LogP contribution >= 0.6 is 0 Å². The van der Waals surface area contributed by atoms with Crippen LogP contribution in [0.5, 0.6) is 0 Å². The van der Waals surface area contributed by atoms with Crippen molar-refractivity contribution in [2.75, 3.05) is 6.54 Å². The number of amides is 1. The number of carbonyl (C=O) groups excluding carboxylic acids is 1. The summed E-state index contributed by atoms with van der Waals surface area (Å²) in [4.78, 5) is 24.2. The number of aliphatic hydroxyl groups excluding tert-OH is 1. The van der Waals surface area contributed by atoms with E-state index in [9.17, 15) is 14.7 Å². The normalized spacial score (nSPS) is 23.2. The van der Waals surface area contributed by atoms with Crippen LogP contribution in [0.3, 0.4) is 0 Å². The smallest absolute Gasteiger partial charge is 0.345 e. The van der Waals surface area contributed by atoms with Gasteiger partial charge in [0, 0.05) is 51.4 Å². The average molecular weight is 347 g/mol. The first-order valence-electron chi connectivity index (χ1n) is 8.47. The molecule has 0 saturated heterocycles. The number of hydrogen-bond donors (Lipinski definition) is 2. The number of carbonyl (C=O) groups is 1. The maximum absolute atomic E-state index is 12.3. The van der Waals surface area contributed by atoms with Crippen molar-refractivity contribution in [2.24, 2.45) is 27.1 Å². The van der Waals surface area contributed by atoms with Crippen LogP contribution in [0.1, 0.15) is 40.6 Å². The second-order valence-corrected chi connectivity index (χ2v) is 6.95. The first kappa shape index (κ1) is 17.5. The predicted octanol–water partition coefficient (Wildman–Crippen LogP) is 0.0502. The zero-order valence-corrected chi connectivity index (χ0v) is 15.1. The molecule has 1 amide bonds. The summed E-state index contributed by atoms with van der Waals surface area (Å²) in [6.45, 7) is 2.31. The third-order valence-electron chi connectivity index (χ3n) is 5.34. The summed E-state index contributed by atoms with van der Waals surface area (Å²) < 4.78 is 4.75. The van der Waals surface area contributed by atoms with Crippen LogP contribution in [0.4, 0.5) is 0 Å². The van der Waals surface area contributed by atoms with E-state index < -0.39 is 6.10 Å². The van der Waals surface area contributed by atoms with Gasteiger partial charge in [0.1, 0.15) is 5.82 Å². The fourth-order valence-corrected chi connectivity index (χ4v) is 3.63. The van der Waals surface area contributed by atoms with Gasteiger partial charge in [0.15, 0.2) is 0 Å². The van der Waals surface area contributed by atoms with Crippen LogP contribution < -0.4 is 11.0 Å². The maximum Gasteiger partial charge on any atom is 0.345 e. The number of aliphatic hydroxyl groups is 1. The molecule has 0 aliphatic heterocycles. The van der Waals surface area contributed by atoms with Gasteiger partial charge < -0.3 is 15.0 Å². The molecule has 2 aromatic heterocycles. The summed E-state index contributed by atoms with van der Waals surface area (Å²) in [6, 6.07) is 1.79. The Labute approximate surface area is 146 Å². The molecule has 1 saturated carbocycles. The Morgan fingerprint density at radius 1 is 1.36 bits per heavy atom. The first-order chi connectivity index (χ1) is 11.8. The number of nitrogens with zero attached hydrogens (tertiary/aromatic N) is 4. The van der Waals surface area contributed by atoms with Crippen LogP contribution in [-0.2, 0) is 21.1 Å². The molecular weight excluding hydrogens is 322 g/mol. The highest BCUT2D eigenvalue weighted by molar-refractivity contribution is 5.95. The Hall–Kier alpha value is -2.35. The first-order valence-corrected chi connectivity index (χ1v) is 8.47. The zero-order valence-electron chi connectivity index (χ0n) is 15.1. The van der Waals surface area contributed by atoms with Crippen molar-refractivity contribution in [3.8, 4) is 0 Å². The molecule has 25 heavy (non-hydrogen) atoms. The van der Waals surface area contributed by atoms with Crippen molar-refractivity contribution < 1.29 is 9.90 Å². The monoisotopic (exact) mass is 347 g/mol. The Balaban J connectivity index is 1.64. The molecule has 8 nitrogen and oxygen atoms in total. The van der Waals surface area contributed by atoms with Gasteiger partial charge in [-0.1, -0.05) is 0 Å². The minimum Gasteiger partial charge on any atom is -0.393 e. The average Bonchev–Trinajstić information content (AvgIpc) is 3.19. The largest absolute Gasteiger partial charge is 0.393 e. The fourth-order valence-electron chi connectivity index (χ4n) is 3.63. The molecular formula is C17H25N5O3. The number of nitrogens with one attached hydrogen (secondary N) is 1. The molecule has 0 radical (unpaired) electrons. The Bertz CT molecular complexity index is 847. The lowest BCUT2D eigenvalue weighted by Gasteiger charge is -2.15. The lowest BCUT2D eigenvalue weighted by atomic mass is 10.0.